The third-order valence-corrected chi connectivity index (χ3v) is 5.07. The Morgan fingerprint density at radius 1 is 1.22 bits per heavy atom. The smallest absolute Gasteiger partial charge is 0.480 e. The number of amides is 1. The molecule has 1 aliphatic rings. The number of halogens is 3. The molecule has 0 aromatic heterocycles. The van der Waals surface area contributed by atoms with Crippen LogP contribution in [-0.4, -0.2) is 48.7 Å². The van der Waals surface area contributed by atoms with Crippen molar-refractivity contribution in [1.82, 2.24) is 4.72 Å². The molecule has 0 radical (unpaired) electrons. The van der Waals surface area contributed by atoms with Crippen LogP contribution in [0.5, 0.6) is 0 Å². The van der Waals surface area contributed by atoms with Crippen LogP contribution in [0.15, 0.2) is 24.3 Å². The largest absolute Gasteiger partial charge is 0.490 e. The first-order valence-corrected chi connectivity index (χ1v) is 8.70. The summed E-state index contributed by atoms with van der Waals surface area (Å²) in [5, 5.41) is 15.0. The number of carbonyl (C=O) groups is 3. The van der Waals surface area contributed by atoms with Crippen molar-refractivity contribution in [2.24, 2.45) is 5.73 Å². The maximum atomic E-state index is 11.7. The topological polar surface area (TPSA) is 164 Å². The number of rotatable bonds is 4. The molecule has 1 fully saturated rings. The molecule has 27 heavy (non-hydrogen) atoms. The monoisotopic (exact) mass is 412 g/mol. The number of aliphatic carboxylic acids is 2. The van der Waals surface area contributed by atoms with Gasteiger partial charge in [-0.1, -0.05) is 24.3 Å². The number of carboxylic acids is 2. The zero-order chi connectivity index (χ0) is 21.0. The fourth-order valence-corrected chi connectivity index (χ4v) is 3.49. The number of carbonyl (C=O) groups excluding carboxylic acids is 1. The van der Waals surface area contributed by atoms with Crippen LogP contribution in [0.3, 0.4) is 0 Å². The quantitative estimate of drug-likeness (QED) is 0.543. The van der Waals surface area contributed by atoms with Crippen molar-refractivity contribution in [1.29, 1.82) is 0 Å². The molecule has 1 aromatic carbocycles. The molecule has 0 aliphatic carbocycles. The summed E-state index contributed by atoms with van der Waals surface area (Å²) in [4.78, 5) is 30.7. The van der Waals surface area contributed by atoms with Gasteiger partial charge in [-0.15, -0.1) is 0 Å². The molecule has 0 saturated carbocycles. The van der Waals surface area contributed by atoms with E-state index in [-0.39, 0.29) is 12.8 Å². The Morgan fingerprint density at radius 2 is 1.70 bits per heavy atom. The van der Waals surface area contributed by atoms with Crippen molar-refractivity contribution in [2.75, 3.05) is 0 Å². The predicted molar refractivity (Wildman–Crippen MR) is 83.9 cm³/mol. The maximum absolute atomic E-state index is 11.7. The van der Waals surface area contributed by atoms with E-state index in [1.807, 2.05) is 4.72 Å². The molecule has 1 heterocycles. The van der Waals surface area contributed by atoms with Gasteiger partial charge in [-0.25, -0.2) is 13.2 Å². The first-order valence-electron chi connectivity index (χ1n) is 7.16. The molecular formula is C14H15F3N2O7S. The molecular weight excluding hydrogens is 397 g/mol. The Kier molecular flexibility index (Phi) is 6.92. The first kappa shape index (κ1) is 22.4. The third-order valence-electron chi connectivity index (χ3n) is 3.37. The highest BCUT2D eigenvalue weighted by atomic mass is 32.2. The van der Waals surface area contributed by atoms with Crippen molar-refractivity contribution in [2.45, 2.75) is 30.3 Å². The van der Waals surface area contributed by atoms with Crippen LogP contribution < -0.4 is 10.5 Å². The van der Waals surface area contributed by atoms with Gasteiger partial charge in [0.2, 0.25) is 15.9 Å². The van der Waals surface area contributed by atoms with Crippen molar-refractivity contribution in [3.05, 3.63) is 35.4 Å². The molecule has 1 amide bonds. The van der Waals surface area contributed by atoms with E-state index in [1.165, 1.54) is 0 Å². The van der Waals surface area contributed by atoms with Gasteiger partial charge in [-0.2, -0.15) is 13.2 Å². The van der Waals surface area contributed by atoms with Gasteiger partial charge in [0, 0.05) is 0 Å². The van der Waals surface area contributed by atoms with E-state index in [0.29, 0.717) is 11.1 Å². The van der Waals surface area contributed by atoms with Crippen molar-refractivity contribution < 1.29 is 46.2 Å². The van der Waals surface area contributed by atoms with Gasteiger partial charge in [0.25, 0.3) is 0 Å². The van der Waals surface area contributed by atoms with Gasteiger partial charge in [0.15, 0.2) is 0 Å². The summed E-state index contributed by atoms with van der Waals surface area (Å²) in [5.74, 6) is -4.37. The fourth-order valence-electron chi connectivity index (χ4n) is 2.06. The van der Waals surface area contributed by atoms with Gasteiger partial charge < -0.3 is 15.9 Å². The summed E-state index contributed by atoms with van der Waals surface area (Å²) in [5.41, 5.74) is 6.61. The minimum absolute atomic E-state index is 0.101. The third kappa shape index (κ3) is 6.53. The van der Waals surface area contributed by atoms with Gasteiger partial charge in [0.1, 0.15) is 11.3 Å². The van der Waals surface area contributed by atoms with Crippen LogP contribution in [0.2, 0.25) is 0 Å². The van der Waals surface area contributed by atoms with Crippen LogP contribution in [0.25, 0.3) is 0 Å². The van der Waals surface area contributed by atoms with Crippen LogP contribution in [0.4, 0.5) is 13.2 Å². The average molecular weight is 412 g/mol. The lowest BCUT2D eigenvalue weighted by Crippen LogP contribution is -2.32. The van der Waals surface area contributed by atoms with E-state index in [2.05, 4.69) is 0 Å². The van der Waals surface area contributed by atoms with Crippen molar-refractivity contribution >= 4 is 27.9 Å². The summed E-state index contributed by atoms with van der Waals surface area (Å²) >= 11 is 0. The molecule has 1 saturated heterocycles. The second-order valence-electron chi connectivity index (χ2n) is 5.46. The summed E-state index contributed by atoms with van der Waals surface area (Å²) in [6, 6.07) is 5.39. The Morgan fingerprint density at radius 3 is 2.04 bits per heavy atom. The van der Waals surface area contributed by atoms with Gasteiger partial charge in [0.05, 0.1) is 6.42 Å². The SMILES string of the molecule is N[C@@H](Cc1ccc(C2CC(=O)NS2(=O)=O)cc1)C(=O)O.O=C(O)C(F)(F)F. The Labute approximate surface area is 151 Å². The summed E-state index contributed by atoms with van der Waals surface area (Å²) in [6.07, 6.45) is -5.03. The second-order valence-corrected chi connectivity index (χ2v) is 7.32. The minimum Gasteiger partial charge on any atom is -0.480 e. The lowest BCUT2D eigenvalue weighted by Gasteiger charge is -2.10. The maximum Gasteiger partial charge on any atom is 0.490 e. The highest BCUT2D eigenvalue weighted by molar-refractivity contribution is 7.90. The number of hydrogen-bond donors (Lipinski definition) is 4. The van der Waals surface area contributed by atoms with Crippen molar-refractivity contribution in [3.8, 4) is 0 Å². The molecule has 9 nitrogen and oxygen atoms in total. The number of hydrogen-bond acceptors (Lipinski definition) is 6. The van der Waals surface area contributed by atoms with Crippen LogP contribution in [0.1, 0.15) is 22.8 Å². The molecule has 0 bridgehead atoms. The van der Waals surface area contributed by atoms with Gasteiger partial charge >= 0.3 is 18.1 Å². The Balaban J connectivity index is 0.000000445. The predicted octanol–water partition coefficient (Wildman–Crippen LogP) is 0.165. The molecule has 1 aromatic rings. The second kappa shape index (κ2) is 8.35. The molecule has 5 N–H and O–H groups in total. The zero-order valence-corrected chi connectivity index (χ0v) is 14.2. The summed E-state index contributed by atoms with van der Waals surface area (Å²) < 4.78 is 57.1. The number of nitrogens with one attached hydrogen (secondary N) is 1. The van der Waals surface area contributed by atoms with E-state index < -0.39 is 45.3 Å². The average Bonchev–Trinajstić information content (AvgIpc) is 2.80. The lowest BCUT2D eigenvalue weighted by atomic mass is 10.0. The van der Waals surface area contributed by atoms with Crippen molar-refractivity contribution in [3.63, 3.8) is 0 Å². The van der Waals surface area contributed by atoms with E-state index >= 15 is 0 Å². The first-order chi connectivity index (χ1) is 12.2. The molecule has 150 valence electrons. The molecule has 0 spiro atoms. The molecule has 2 atom stereocenters. The normalized spacial score (nSPS) is 19.4. The number of sulfonamides is 1. The van der Waals surface area contributed by atoms with Crippen LogP contribution in [-0.2, 0) is 30.8 Å². The highest BCUT2D eigenvalue weighted by Gasteiger charge is 2.38. The van der Waals surface area contributed by atoms with E-state index in [0.717, 1.165) is 0 Å². The standard InChI is InChI=1S/C12H14N2O5S.C2HF3O2/c13-9(12(16)17)5-7-1-3-8(4-2-7)10-6-11(15)14-20(10,18)19;3-2(4,5)1(6)7/h1-4,9-10H,5-6,13H2,(H,14,15)(H,16,17);(H,6,7)/t9-,10?;/m0./s1. The number of nitrogens with two attached hydrogens (primary N) is 1. The summed E-state index contributed by atoms with van der Waals surface area (Å²) in [7, 11) is -3.66. The Hall–Kier alpha value is -2.67. The minimum atomic E-state index is -5.08. The Bertz CT molecular complexity index is 822. The molecule has 1 aliphatic heterocycles. The van der Waals surface area contributed by atoms with Gasteiger partial charge in [-0.05, 0) is 17.5 Å². The fraction of sp³-hybridized carbons (Fsp3) is 0.357. The molecule has 1 unspecified atom stereocenters. The molecule has 13 heteroatoms. The summed E-state index contributed by atoms with van der Waals surface area (Å²) in [6.45, 7) is 0. The zero-order valence-electron chi connectivity index (χ0n) is 13.4. The number of carboxylic acid groups (broad SMARTS) is 2. The lowest BCUT2D eigenvalue weighted by molar-refractivity contribution is -0.192. The van der Waals surface area contributed by atoms with E-state index in [1.54, 1.807) is 24.3 Å². The van der Waals surface area contributed by atoms with Crippen LogP contribution in [0, 0.1) is 0 Å². The number of benzene rings is 1. The van der Waals surface area contributed by atoms with E-state index in [9.17, 15) is 31.2 Å². The van der Waals surface area contributed by atoms with E-state index in [4.69, 9.17) is 20.7 Å². The van der Waals surface area contributed by atoms with Gasteiger partial charge in [-0.3, -0.25) is 14.3 Å². The highest BCUT2D eigenvalue weighted by Crippen LogP contribution is 2.30. The van der Waals surface area contributed by atoms with Crippen LogP contribution >= 0.6 is 0 Å². The molecule has 2 rings (SSSR count). The number of alkyl halides is 3.